The number of hydrogen-bond donors (Lipinski definition) is 0. The van der Waals surface area contributed by atoms with Gasteiger partial charge in [0.05, 0.1) is 23.5 Å². The van der Waals surface area contributed by atoms with E-state index in [2.05, 4.69) is 0 Å². The molecule has 5 nitrogen and oxygen atoms in total. The first kappa shape index (κ1) is 21.7. The largest absolute Gasteiger partial charge is 0.495 e. The van der Waals surface area contributed by atoms with Crippen LogP contribution in [0.3, 0.4) is 0 Å². The highest BCUT2D eigenvalue weighted by molar-refractivity contribution is 6.32. The quantitative estimate of drug-likeness (QED) is 0.478. The number of likely N-dealkylation sites (tertiary alicyclic amines) is 1. The number of methoxy groups -OCH3 is 1. The van der Waals surface area contributed by atoms with Crippen LogP contribution in [0, 0.1) is 0 Å². The maximum Gasteiger partial charge on any atom is 0.431 e. The van der Waals surface area contributed by atoms with Gasteiger partial charge in [-0.15, -0.1) is 0 Å². The summed E-state index contributed by atoms with van der Waals surface area (Å²) >= 11 is 6.16. The number of carbonyl (C=O) groups excluding carboxylic acids is 1. The summed E-state index contributed by atoms with van der Waals surface area (Å²) in [4.78, 5) is 14.7. The molecule has 3 aromatic rings. The first-order valence-electron chi connectivity index (χ1n) is 10.4. The first-order valence-corrected chi connectivity index (χ1v) is 10.8. The molecule has 2 aliphatic rings. The SMILES string of the molecule is COc1ccc(C(=O)N2CCC3(CC2)Oc2ccccc2-n2c(C(F)(F)F)ccc23)cc1Cl. The van der Waals surface area contributed by atoms with E-state index in [4.69, 9.17) is 21.1 Å². The van der Waals surface area contributed by atoms with Crippen LogP contribution in [0.2, 0.25) is 5.02 Å². The van der Waals surface area contributed by atoms with Gasteiger partial charge in [-0.2, -0.15) is 13.2 Å². The third-order valence-corrected chi connectivity index (χ3v) is 6.60. The number of alkyl halides is 3. The number of ether oxygens (including phenoxy) is 2. The Kier molecular flexibility index (Phi) is 5.08. The minimum absolute atomic E-state index is 0.197. The molecule has 2 aromatic carbocycles. The van der Waals surface area contributed by atoms with Crippen molar-refractivity contribution in [3.63, 3.8) is 0 Å². The molecule has 1 fully saturated rings. The van der Waals surface area contributed by atoms with E-state index in [1.807, 2.05) is 0 Å². The molecule has 1 amide bonds. The Morgan fingerprint density at radius 2 is 1.82 bits per heavy atom. The maximum absolute atomic E-state index is 13.8. The van der Waals surface area contributed by atoms with Gasteiger partial charge in [0.1, 0.15) is 17.2 Å². The van der Waals surface area contributed by atoms with Gasteiger partial charge in [-0.1, -0.05) is 23.7 Å². The van der Waals surface area contributed by atoms with Crippen LogP contribution in [0.1, 0.15) is 34.6 Å². The van der Waals surface area contributed by atoms with Crippen molar-refractivity contribution in [3.8, 4) is 17.2 Å². The van der Waals surface area contributed by atoms with Crippen LogP contribution in [0.4, 0.5) is 13.2 Å². The van der Waals surface area contributed by atoms with Gasteiger partial charge in [0.15, 0.2) is 5.60 Å². The van der Waals surface area contributed by atoms with Crippen LogP contribution in [0.5, 0.6) is 11.5 Å². The molecule has 0 radical (unpaired) electrons. The van der Waals surface area contributed by atoms with Crippen LogP contribution < -0.4 is 9.47 Å². The summed E-state index contributed by atoms with van der Waals surface area (Å²) in [6.07, 6.45) is -3.79. The van der Waals surface area contributed by atoms with Gasteiger partial charge in [0.2, 0.25) is 0 Å². The second-order valence-corrected chi connectivity index (χ2v) is 8.55. The first-order chi connectivity index (χ1) is 15.7. The zero-order valence-corrected chi connectivity index (χ0v) is 18.4. The number of fused-ring (bicyclic) bond motifs is 4. The fraction of sp³-hybridized carbons (Fsp3) is 0.292. The Hall–Kier alpha value is -3.13. The molecule has 33 heavy (non-hydrogen) atoms. The normalized spacial score (nSPS) is 16.7. The van der Waals surface area contributed by atoms with Crippen molar-refractivity contribution in [3.05, 3.63) is 76.6 Å². The maximum atomic E-state index is 13.8. The number of rotatable bonds is 2. The molecule has 172 valence electrons. The van der Waals surface area contributed by atoms with E-state index in [-0.39, 0.29) is 5.91 Å². The highest BCUT2D eigenvalue weighted by Gasteiger charge is 2.48. The summed E-state index contributed by atoms with van der Waals surface area (Å²) in [5.74, 6) is 0.673. The van der Waals surface area contributed by atoms with Crippen molar-refractivity contribution >= 4 is 17.5 Å². The lowest BCUT2D eigenvalue weighted by Crippen LogP contribution is -2.50. The number of halogens is 4. The lowest BCUT2D eigenvalue weighted by atomic mass is 9.86. The monoisotopic (exact) mass is 476 g/mol. The van der Waals surface area contributed by atoms with Crippen LogP contribution in [-0.4, -0.2) is 35.6 Å². The molecule has 5 rings (SSSR count). The lowest BCUT2D eigenvalue weighted by Gasteiger charge is -2.45. The van der Waals surface area contributed by atoms with Crippen LogP contribution >= 0.6 is 11.6 Å². The molecule has 0 bridgehead atoms. The van der Waals surface area contributed by atoms with E-state index in [1.165, 1.54) is 17.7 Å². The average molecular weight is 477 g/mol. The zero-order valence-electron chi connectivity index (χ0n) is 17.7. The number of amides is 1. The second-order valence-electron chi connectivity index (χ2n) is 8.14. The summed E-state index contributed by atoms with van der Waals surface area (Å²) in [5, 5.41) is 0.335. The van der Waals surface area contributed by atoms with Gasteiger partial charge >= 0.3 is 6.18 Å². The second kappa shape index (κ2) is 7.73. The number of hydrogen-bond acceptors (Lipinski definition) is 3. The molecule has 1 spiro atoms. The Morgan fingerprint density at radius 3 is 2.48 bits per heavy atom. The number of para-hydroxylation sites is 2. The van der Waals surface area contributed by atoms with Crippen molar-refractivity contribution in [2.75, 3.05) is 20.2 Å². The summed E-state index contributed by atoms with van der Waals surface area (Å²) in [5.41, 5.74) is -0.449. The number of aromatic nitrogens is 1. The molecule has 9 heteroatoms. The summed E-state index contributed by atoms with van der Waals surface area (Å²) < 4.78 is 54.0. The van der Waals surface area contributed by atoms with Gasteiger partial charge in [-0.3, -0.25) is 4.79 Å². The third-order valence-electron chi connectivity index (χ3n) is 6.31. The number of carbonyl (C=O) groups is 1. The zero-order chi connectivity index (χ0) is 23.4. The van der Waals surface area contributed by atoms with E-state index in [0.29, 0.717) is 59.4 Å². The van der Waals surface area contributed by atoms with Gasteiger partial charge in [-0.25, -0.2) is 0 Å². The van der Waals surface area contributed by atoms with Crippen LogP contribution in [0.25, 0.3) is 5.69 Å². The smallest absolute Gasteiger partial charge is 0.431 e. The number of benzene rings is 2. The van der Waals surface area contributed by atoms with E-state index in [9.17, 15) is 18.0 Å². The van der Waals surface area contributed by atoms with Gasteiger partial charge < -0.3 is 18.9 Å². The molecule has 1 aromatic heterocycles. The van der Waals surface area contributed by atoms with E-state index in [0.717, 1.165) is 6.07 Å². The van der Waals surface area contributed by atoms with E-state index < -0.39 is 17.5 Å². The highest BCUT2D eigenvalue weighted by atomic mass is 35.5. The summed E-state index contributed by atoms with van der Waals surface area (Å²) in [6, 6.07) is 14.1. The van der Waals surface area contributed by atoms with Crippen molar-refractivity contribution in [2.45, 2.75) is 24.6 Å². The van der Waals surface area contributed by atoms with Gasteiger partial charge in [0.25, 0.3) is 5.91 Å². The topological polar surface area (TPSA) is 43.7 Å². The highest BCUT2D eigenvalue weighted by Crippen LogP contribution is 2.48. The number of nitrogens with zero attached hydrogens (tertiary/aromatic N) is 2. The standard InChI is InChI=1S/C24H20ClF3N2O3/c1-32-18-7-6-15(14-16(18)25)22(31)29-12-10-23(11-13-29)20-8-9-21(24(26,27)28)30(20)17-4-2-3-5-19(17)33-23/h2-9,14H,10-13H2,1H3. The molecule has 0 N–H and O–H groups in total. The third kappa shape index (κ3) is 3.53. The molecule has 3 heterocycles. The minimum atomic E-state index is -4.51. The molecule has 0 unspecified atom stereocenters. The fourth-order valence-corrected chi connectivity index (χ4v) is 4.93. The predicted molar refractivity (Wildman–Crippen MR) is 116 cm³/mol. The Bertz CT molecular complexity index is 1230. The molecule has 0 atom stereocenters. The fourth-order valence-electron chi connectivity index (χ4n) is 4.68. The minimum Gasteiger partial charge on any atom is -0.495 e. The number of piperidine rings is 1. The Morgan fingerprint density at radius 1 is 1.09 bits per heavy atom. The molecule has 1 saturated heterocycles. The Balaban J connectivity index is 1.45. The van der Waals surface area contributed by atoms with Crippen molar-refractivity contribution < 1.29 is 27.4 Å². The van der Waals surface area contributed by atoms with Crippen LogP contribution in [0.15, 0.2) is 54.6 Å². The van der Waals surface area contributed by atoms with Crippen molar-refractivity contribution in [1.82, 2.24) is 9.47 Å². The molecular weight excluding hydrogens is 457 g/mol. The van der Waals surface area contributed by atoms with Gasteiger partial charge in [0, 0.05) is 31.5 Å². The molecule has 0 aliphatic carbocycles. The van der Waals surface area contributed by atoms with E-state index >= 15 is 0 Å². The van der Waals surface area contributed by atoms with E-state index in [1.54, 1.807) is 47.4 Å². The molecule has 0 saturated carbocycles. The average Bonchev–Trinajstić information content (AvgIpc) is 3.27. The predicted octanol–water partition coefficient (Wildman–Crippen LogP) is 5.68. The lowest BCUT2D eigenvalue weighted by molar-refractivity contribution is -0.143. The van der Waals surface area contributed by atoms with Crippen molar-refractivity contribution in [2.24, 2.45) is 0 Å². The van der Waals surface area contributed by atoms with Crippen molar-refractivity contribution in [1.29, 1.82) is 0 Å². The van der Waals surface area contributed by atoms with Crippen LogP contribution in [-0.2, 0) is 11.8 Å². The molecule has 2 aliphatic heterocycles. The summed E-state index contributed by atoms with van der Waals surface area (Å²) in [7, 11) is 1.50. The molecular formula is C24H20ClF3N2O3. The van der Waals surface area contributed by atoms with Gasteiger partial charge in [-0.05, 0) is 42.5 Å². The summed E-state index contributed by atoms with van der Waals surface area (Å²) in [6.45, 7) is 0.661. The Labute approximate surface area is 193 Å².